The molecular formula is C12H21N3O2S. The molecule has 0 fully saturated rings. The monoisotopic (exact) mass is 271 g/mol. The minimum Gasteiger partial charge on any atom is -0.476 e. The Morgan fingerprint density at radius 3 is 2.50 bits per heavy atom. The Hall–Kier alpha value is -1.14. The lowest BCUT2D eigenvalue weighted by Gasteiger charge is -2.25. The highest BCUT2D eigenvalue weighted by Crippen LogP contribution is 2.23. The van der Waals surface area contributed by atoms with Gasteiger partial charge < -0.3 is 15.3 Å². The fraction of sp³-hybridized carbons (Fsp3) is 0.667. The van der Waals surface area contributed by atoms with Crippen LogP contribution in [0.15, 0.2) is 0 Å². The van der Waals surface area contributed by atoms with E-state index in [0.29, 0.717) is 11.0 Å². The van der Waals surface area contributed by atoms with Gasteiger partial charge in [-0.15, -0.1) is 11.3 Å². The summed E-state index contributed by atoms with van der Waals surface area (Å²) in [7, 11) is 4.04. The normalized spacial score (nSPS) is 13.1. The van der Waals surface area contributed by atoms with E-state index in [1.807, 2.05) is 14.1 Å². The topological polar surface area (TPSA) is 65.5 Å². The number of anilines is 1. The van der Waals surface area contributed by atoms with Gasteiger partial charge >= 0.3 is 5.97 Å². The molecule has 6 heteroatoms. The van der Waals surface area contributed by atoms with E-state index < -0.39 is 5.97 Å². The van der Waals surface area contributed by atoms with Crippen molar-refractivity contribution in [3.63, 3.8) is 0 Å². The van der Waals surface area contributed by atoms with Crippen LogP contribution in [0.4, 0.5) is 5.13 Å². The molecule has 1 heterocycles. The van der Waals surface area contributed by atoms with Gasteiger partial charge in [0.2, 0.25) is 0 Å². The van der Waals surface area contributed by atoms with Gasteiger partial charge in [0, 0.05) is 17.5 Å². The fourth-order valence-electron chi connectivity index (χ4n) is 1.63. The Morgan fingerprint density at radius 2 is 2.11 bits per heavy atom. The summed E-state index contributed by atoms with van der Waals surface area (Å²) in [5, 5.41) is 13.0. The summed E-state index contributed by atoms with van der Waals surface area (Å²) in [5.41, 5.74) is 0.148. The van der Waals surface area contributed by atoms with Gasteiger partial charge in [0.25, 0.3) is 0 Å². The number of aromatic carboxylic acids is 1. The highest BCUT2D eigenvalue weighted by Gasteiger charge is 2.19. The maximum Gasteiger partial charge on any atom is 0.355 e. The van der Waals surface area contributed by atoms with Gasteiger partial charge in [0.15, 0.2) is 10.8 Å². The zero-order chi connectivity index (χ0) is 13.9. The molecule has 1 aromatic rings. The fourth-order valence-corrected chi connectivity index (χ4v) is 2.50. The predicted molar refractivity (Wildman–Crippen MR) is 74.6 cm³/mol. The third-order valence-electron chi connectivity index (χ3n) is 2.67. The van der Waals surface area contributed by atoms with E-state index in [1.54, 1.807) is 6.92 Å². The Balaban J connectivity index is 2.81. The summed E-state index contributed by atoms with van der Waals surface area (Å²) in [5.74, 6) is -0.518. The van der Waals surface area contributed by atoms with Crippen LogP contribution in [0, 0.1) is 12.8 Å². The molecule has 0 aromatic carbocycles. The van der Waals surface area contributed by atoms with Crippen LogP contribution in [0.25, 0.3) is 0 Å². The largest absolute Gasteiger partial charge is 0.476 e. The lowest BCUT2D eigenvalue weighted by molar-refractivity contribution is 0.0690. The van der Waals surface area contributed by atoms with Crippen molar-refractivity contribution in [2.75, 3.05) is 26.0 Å². The third-order valence-corrected chi connectivity index (χ3v) is 3.58. The number of likely N-dealkylation sites (N-methyl/N-ethyl adjacent to an activating group) is 1. The van der Waals surface area contributed by atoms with Gasteiger partial charge in [-0.2, -0.15) is 0 Å². The number of thiazole rings is 1. The molecule has 5 nitrogen and oxygen atoms in total. The summed E-state index contributed by atoms with van der Waals surface area (Å²) in [6.45, 7) is 6.95. The number of aryl methyl sites for hydroxylation is 1. The summed E-state index contributed by atoms with van der Waals surface area (Å²) in [6.07, 6.45) is 0. The number of aromatic nitrogens is 1. The van der Waals surface area contributed by atoms with Crippen molar-refractivity contribution in [1.82, 2.24) is 9.88 Å². The van der Waals surface area contributed by atoms with Gasteiger partial charge in [-0.3, -0.25) is 0 Å². The van der Waals surface area contributed by atoms with E-state index >= 15 is 0 Å². The molecule has 102 valence electrons. The number of carboxylic acids is 1. The summed E-state index contributed by atoms with van der Waals surface area (Å²) < 4.78 is 0. The maximum absolute atomic E-state index is 10.9. The van der Waals surface area contributed by atoms with Crippen LogP contribution < -0.4 is 5.32 Å². The molecule has 1 atom stereocenters. The first kappa shape index (κ1) is 14.9. The van der Waals surface area contributed by atoms with Gasteiger partial charge in [-0.1, -0.05) is 13.8 Å². The molecule has 18 heavy (non-hydrogen) atoms. The second kappa shape index (κ2) is 6.15. The minimum absolute atomic E-state index is 0.148. The standard InChI is InChI=1S/C12H21N3O2S/c1-7(2)9(6-15(4)5)13-12-14-10(11(16)17)8(3)18-12/h7,9H,6H2,1-5H3,(H,13,14)(H,16,17). The highest BCUT2D eigenvalue weighted by molar-refractivity contribution is 7.15. The Kier molecular flexibility index (Phi) is 5.10. The lowest BCUT2D eigenvalue weighted by Crippen LogP contribution is -2.36. The van der Waals surface area contributed by atoms with Crippen LogP contribution in [-0.4, -0.2) is 47.6 Å². The van der Waals surface area contributed by atoms with E-state index in [4.69, 9.17) is 5.11 Å². The molecule has 0 amide bonds. The first-order chi connectivity index (χ1) is 8.31. The van der Waals surface area contributed by atoms with Crippen molar-refractivity contribution in [2.45, 2.75) is 26.8 Å². The van der Waals surface area contributed by atoms with Crippen LogP contribution in [0.2, 0.25) is 0 Å². The number of carbonyl (C=O) groups is 1. The number of carboxylic acid groups (broad SMARTS) is 1. The second-order valence-electron chi connectivity index (χ2n) is 4.99. The van der Waals surface area contributed by atoms with Crippen molar-refractivity contribution in [3.05, 3.63) is 10.6 Å². The number of nitrogens with zero attached hydrogens (tertiary/aromatic N) is 2. The molecule has 0 saturated carbocycles. The van der Waals surface area contributed by atoms with Crippen molar-refractivity contribution >= 4 is 22.4 Å². The average molecular weight is 271 g/mol. The van der Waals surface area contributed by atoms with E-state index in [2.05, 4.69) is 29.0 Å². The Labute approximate surface area is 112 Å². The smallest absolute Gasteiger partial charge is 0.355 e. The molecule has 0 radical (unpaired) electrons. The van der Waals surface area contributed by atoms with E-state index in [1.165, 1.54) is 11.3 Å². The van der Waals surface area contributed by atoms with Crippen LogP contribution >= 0.6 is 11.3 Å². The van der Waals surface area contributed by atoms with Crippen molar-refractivity contribution in [2.24, 2.45) is 5.92 Å². The van der Waals surface area contributed by atoms with Crippen molar-refractivity contribution in [3.8, 4) is 0 Å². The molecule has 1 aromatic heterocycles. The zero-order valence-corrected chi connectivity index (χ0v) is 12.3. The summed E-state index contributed by atoms with van der Waals surface area (Å²) in [6, 6.07) is 0.257. The van der Waals surface area contributed by atoms with Gasteiger partial charge in [0.1, 0.15) is 0 Å². The quantitative estimate of drug-likeness (QED) is 0.830. The maximum atomic E-state index is 10.9. The predicted octanol–water partition coefficient (Wildman–Crippen LogP) is 2.15. The molecule has 1 rings (SSSR count). The van der Waals surface area contributed by atoms with E-state index in [-0.39, 0.29) is 11.7 Å². The van der Waals surface area contributed by atoms with Crippen LogP contribution in [-0.2, 0) is 0 Å². The molecule has 0 aliphatic rings. The number of rotatable bonds is 6. The second-order valence-corrected chi connectivity index (χ2v) is 6.19. The Morgan fingerprint density at radius 1 is 1.50 bits per heavy atom. The summed E-state index contributed by atoms with van der Waals surface area (Å²) >= 11 is 1.39. The molecule has 0 aliphatic heterocycles. The third kappa shape index (κ3) is 3.96. The first-order valence-electron chi connectivity index (χ1n) is 5.93. The number of hydrogen-bond donors (Lipinski definition) is 2. The van der Waals surface area contributed by atoms with Gasteiger partial charge in [-0.25, -0.2) is 9.78 Å². The van der Waals surface area contributed by atoms with Crippen LogP contribution in [0.5, 0.6) is 0 Å². The van der Waals surface area contributed by atoms with Gasteiger partial charge in [-0.05, 0) is 26.9 Å². The van der Waals surface area contributed by atoms with Crippen molar-refractivity contribution in [1.29, 1.82) is 0 Å². The lowest BCUT2D eigenvalue weighted by atomic mass is 10.0. The minimum atomic E-state index is -0.967. The number of hydrogen-bond acceptors (Lipinski definition) is 5. The molecule has 0 aliphatic carbocycles. The van der Waals surface area contributed by atoms with E-state index in [9.17, 15) is 4.79 Å². The van der Waals surface area contributed by atoms with Crippen LogP contribution in [0.3, 0.4) is 0 Å². The first-order valence-corrected chi connectivity index (χ1v) is 6.75. The number of nitrogens with one attached hydrogen (secondary N) is 1. The molecule has 0 spiro atoms. The molecular weight excluding hydrogens is 250 g/mol. The molecule has 0 saturated heterocycles. The Bertz CT molecular complexity index is 415. The van der Waals surface area contributed by atoms with E-state index in [0.717, 1.165) is 11.4 Å². The summed E-state index contributed by atoms with van der Waals surface area (Å²) in [4.78, 5) is 17.9. The van der Waals surface area contributed by atoms with Crippen molar-refractivity contribution < 1.29 is 9.90 Å². The van der Waals surface area contributed by atoms with Crippen LogP contribution in [0.1, 0.15) is 29.2 Å². The molecule has 1 unspecified atom stereocenters. The highest BCUT2D eigenvalue weighted by atomic mass is 32.1. The zero-order valence-electron chi connectivity index (χ0n) is 11.5. The molecule has 0 bridgehead atoms. The molecule has 2 N–H and O–H groups in total. The average Bonchev–Trinajstić information content (AvgIpc) is 2.57. The van der Waals surface area contributed by atoms with Gasteiger partial charge in [0.05, 0.1) is 0 Å². The SMILES string of the molecule is Cc1sc(NC(CN(C)C)C(C)C)nc1C(=O)O.